The molecule has 1 aliphatic rings. The van der Waals surface area contributed by atoms with Gasteiger partial charge in [-0.15, -0.1) is 0 Å². The fraction of sp³-hybridized carbons (Fsp3) is 0.222. The van der Waals surface area contributed by atoms with E-state index < -0.39 is 6.04 Å². The van der Waals surface area contributed by atoms with Gasteiger partial charge in [0.15, 0.2) is 5.69 Å². The molecular formula is C27H25ClN4O3. The molecule has 8 heteroatoms. The highest BCUT2D eigenvalue weighted by atomic mass is 35.5. The molecule has 1 amide bonds. The minimum atomic E-state index is -0.392. The highest BCUT2D eigenvalue weighted by Gasteiger charge is 2.43. The maximum atomic E-state index is 13.8. The Balaban J connectivity index is 1.62. The molecule has 1 aliphatic heterocycles. The first-order valence-electron chi connectivity index (χ1n) is 11.2. The number of halogens is 1. The summed E-state index contributed by atoms with van der Waals surface area (Å²) in [5.74, 6) is 0.587. The van der Waals surface area contributed by atoms with E-state index in [0.29, 0.717) is 28.5 Å². The topological polar surface area (TPSA) is 69.4 Å². The van der Waals surface area contributed by atoms with E-state index in [9.17, 15) is 9.59 Å². The second-order valence-corrected chi connectivity index (χ2v) is 9.22. The van der Waals surface area contributed by atoms with Gasteiger partial charge in [0.1, 0.15) is 5.75 Å². The molecule has 0 saturated heterocycles. The van der Waals surface area contributed by atoms with Crippen molar-refractivity contribution in [2.75, 3.05) is 12.0 Å². The van der Waals surface area contributed by atoms with Crippen molar-refractivity contribution in [2.24, 2.45) is 7.05 Å². The summed E-state index contributed by atoms with van der Waals surface area (Å²) in [7, 11) is 3.33. The van der Waals surface area contributed by atoms with Crippen LogP contribution in [-0.4, -0.2) is 27.4 Å². The van der Waals surface area contributed by atoms with Gasteiger partial charge in [-0.1, -0.05) is 35.9 Å². The first kappa shape index (κ1) is 22.9. The molecule has 0 aliphatic carbocycles. The van der Waals surface area contributed by atoms with Gasteiger partial charge in [0.05, 0.1) is 25.4 Å². The van der Waals surface area contributed by atoms with E-state index in [4.69, 9.17) is 21.4 Å². The number of ether oxygens (including phenoxy) is 1. The summed E-state index contributed by atoms with van der Waals surface area (Å²) in [6.45, 7) is 4.27. The highest BCUT2D eigenvalue weighted by molar-refractivity contribution is 6.30. The Kier molecular flexibility index (Phi) is 5.73. The van der Waals surface area contributed by atoms with E-state index in [1.54, 1.807) is 38.2 Å². The van der Waals surface area contributed by atoms with Crippen molar-refractivity contribution in [3.05, 3.63) is 110 Å². The van der Waals surface area contributed by atoms with Crippen molar-refractivity contribution in [1.82, 2.24) is 14.3 Å². The molecule has 2 aromatic carbocycles. The summed E-state index contributed by atoms with van der Waals surface area (Å²) in [5, 5.41) is 5.36. The van der Waals surface area contributed by atoms with Crippen LogP contribution in [-0.2, 0) is 13.6 Å². The van der Waals surface area contributed by atoms with Gasteiger partial charge in [-0.05, 0) is 55.3 Å². The first-order valence-corrected chi connectivity index (χ1v) is 11.6. The zero-order chi connectivity index (χ0) is 24.9. The summed E-state index contributed by atoms with van der Waals surface area (Å²) in [4.78, 5) is 27.8. The molecule has 0 N–H and O–H groups in total. The van der Waals surface area contributed by atoms with Crippen molar-refractivity contribution >= 4 is 23.2 Å². The fourth-order valence-electron chi connectivity index (χ4n) is 4.68. The third-order valence-electron chi connectivity index (χ3n) is 6.51. The molecule has 7 nitrogen and oxygen atoms in total. The Labute approximate surface area is 208 Å². The lowest BCUT2D eigenvalue weighted by atomic mass is 9.99. The average Bonchev–Trinajstić information content (AvgIpc) is 3.32. The van der Waals surface area contributed by atoms with Crippen molar-refractivity contribution in [2.45, 2.75) is 26.4 Å². The molecule has 0 spiro atoms. The van der Waals surface area contributed by atoms with Crippen LogP contribution in [0.5, 0.6) is 5.75 Å². The lowest BCUT2D eigenvalue weighted by Crippen LogP contribution is -2.32. The zero-order valence-corrected chi connectivity index (χ0v) is 20.7. The Morgan fingerprint density at radius 2 is 1.71 bits per heavy atom. The summed E-state index contributed by atoms with van der Waals surface area (Å²) in [6, 6.07) is 16.7. The van der Waals surface area contributed by atoms with E-state index in [1.165, 1.54) is 4.57 Å². The van der Waals surface area contributed by atoms with E-state index in [-0.39, 0.29) is 11.5 Å². The Bertz CT molecular complexity index is 1460. The second-order valence-electron chi connectivity index (χ2n) is 8.78. The number of aryl methyl sites for hydroxylation is 2. The second kappa shape index (κ2) is 8.74. The minimum Gasteiger partial charge on any atom is -0.497 e. The molecule has 2 aromatic heterocycles. The molecule has 5 rings (SSSR count). The average molecular weight is 489 g/mol. The number of amides is 1. The number of methoxy groups -OCH3 is 1. The molecule has 0 saturated carbocycles. The number of carbonyl (C=O) groups excluding carboxylic acids is 1. The smallest absolute Gasteiger partial charge is 0.280 e. The first-order chi connectivity index (χ1) is 16.8. The van der Waals surface area contributed by atoms with Crippen LogP contribution in [0.15, 0.2) is 65.6 Å². The molecular weight excluding hydrogens is 464 g/mol. The number of carbonyl (C=O) groups is 1. The predicted molar refractivity (Wildman–Crippen MR) is 136 cm³/mol. The molecule has 1 unspecified atom stereocenters. The Morgan fingerprint density at radius 3 is 2.34 bits per heavy atom. The van der Waals surface area contributed by atoms with Gasteiger partial charge in [-0.3, -0.25) is 19.2 Å². The largest absolute Gasteiger partial charge is 0.497 e. The monoisotopic (exact) mass is 488 g/mol. The van der Waals surface area contributed by atoms with Crippen LogP contribution in [0.1, 0.15) is 44.5 Å². The maximum absolute atomic E-state index is 13.8. The number of anilines is 1. The number of fused-ring (bicyclic) bond motifs is 1. The quantitative estimate of drug-likeness (QED) is 0.410. The van der Waals surface area contributed by atoms with Gasteiger partial charge < -0.3 is 9.30 Å². The molecule has 3 heterocycles. The Hall–Kier alpha value is -3.84. The molecule has 0 radical (unpaired) electrons. The number of nitrogens with zero attached hydrogens (tertiary/aromatic N) is 4. The van der Waals surface area contributed by atoms with Crippen molar-refractivity contribution < 1.29 is 9.53 Å². The SMILES string of the molecule is COc1ccc(Cn2nc3c(c2C)C(c2ccc(Cl)cc2)N(c2cc(C)c(=O)n(C)c2)C3=O)cc1. The third-order valence-corrected chi connectivity index (χ3v) is 6.76. The van der Waals surface area contributed by atoms with Gasteiger partial charge in [0, 0.05) is 35.1 Å². The van der Waals surface area contributed by atoms with Crippen LogP contribution in [0.3, 0.4) is 0 Å². The maximum Gasteiger partial charge on any atom is 0.280 e. The van der Waals surface area contributed by atoms with Crippen molar-refractivity contribution in [3.8, 4) is 5.75 Å². The molecule has 178 valence electrons. The highest BCUT2D eigenvalue weighted by Crippen LogP contribution is 2.43. The van der Waals surface area contributed by atoms with E-state index in [0.717, 1.165) is 28.1 Å². The Morgan fingerprint density at radius 1 is 1.03 bits per heavy atom. The van der Waals surface area contributed by atoms with Crippen LogP contribution >= 0.6 is 11.6 Å². The summed E-state index contributed by atoms with van der Waals surface area (Å²) in [6.07, 6.45) is 1.70. The lowest BCUT2D eigenvalue weighted by Gasteiger charge is -2.27. The van der Waals surface area contributed by atoms with Gasteiger partial charge >= 0.3 is 0 Å². The molecule has 4 aromatic rings. The fourth-order valence-corrected chi connectivity index (χ4v) is 4.80. The molecule has 0 fully saturated rings. The number of benzene rings is 2. The van der Waals surface area contributed by atoms with Crippen LogP contribution in [0.2, 0.25) is 5.02 Å². The number of rotatable bonds is 5. The zero-order valence-electron chi connectivity index (χ0n) is 19.9. The van der Waals surface area contributed by atoms with Crippen molar-refractivity contribution in [1.29, 1.82) is 0 Å². The summed E-state index contributed by atoms with van der Waals surface area (Å²) < 4.78 is 8.63. The minimum absolute atomic E-state index is 0.0953. The number of hydrogen-bond acceptors (Lipinski definition) is 4. The molecule has 35 heavy (non-hydrogen) atoms. The predicted octanol–water partition coefficient (Wildman–Crippen LogP) is 4.66. The van der Waals surface area contributed by atoms with Crippen LogP contribution in [0.4, 0.5) is 5.69 Å². The number of aromatic nitrogens is 3. The van der Waals surface area contributed by atoms with Gasteiger partial charge in [-0.2, -0.15) is 5.10 Å². The third kappa shape index (κ3) is 3.91. The van der Waals surface area contributed by atoms with Crippen LogP contribution in [0.25, 0.3) is 0 Å². The lowest BCUT2D eigenvalue weighted by molar-refractivity contribution is 0.0987. The normalized spacial score (nSPS) is 14.9. The van der Waals surface area contributed by atoms with E-state index in [1.807, 2.05) is 60.1 Å². The molecule has 1 atom stereocenters. The van der Waals surface area contributed by atoms with E-state index >= 15 is 0 Å². The van der Waals surface area contributed by atoms with Crippen LogP contribution < -0.4 is 15.2 Å². The van der Waals surface area contributed by atoms with Gasteiger partial charge in [0.25, 0.3) is 11.5 Å². The summed E-state index contributed by atoms with van der Waals surface area (Å²) in [5.41, 5.74) is 5.28. The van der Waals surface area contributed by atoms with Gasteiger partial charge in [0.2, 0.25) is 0 Å². The van der Waals surface area contributed by atoms with Gasteiger partial charge in [-0.25, -0.2) is 0 Å². The van der Waals surface area contributed by atoms with E-state index in [2.05, 4.69) is 0 Å². The number of hydrogen-bond donors (Lipinski definition) is 0. The van der Waals surface area contributed by atoms with Crippen LogP contribution in [0, 0.1) is 13.8 Å². The van der Waals surface area contributed by atoms with Crippen molar-refractivity contribution in [3.63, 3.8) is 0 Å². The summed E-state index contributed by atoms with van der Waals surface area (Å²) >= 11 is 6.16. The standard InChI is InChI=1S/C27H25ClN4O3/c1-16-13-21(15-30(3)26(16)33)32-25(19-7-9-20(28)10-8-19)23-17(2)31(29-24(23)27(32)34)14-18-5-11-22(35-4)12-6-18/h5-13,15,25H,14H2,1-4H3. The number of pyridine rings is 1. The molecule has 0 bridgehead atoms.